The lowest BCUT2D eigenvalue weighted by Gasteiger charge is -2.28. The Bertz CT molecular complexity index is 441. The van der Waals surface area contributed by atoms with Crippen molar-refractivity contribution in [3.05, 3.63) is 29.3 Å². The maximum absolute atomic E-state index is 12.5. The van der Waals surface area contributed by atoms with Gasteiger partial charge in [0.2, 0.25) is 0 Å². The average molecular weight is 265 g/mol. The Morgan fingerprint density at radius 1 is 1.37 bits per heavy atom. The van der Waals surface area contributed by atoms with Crippen LogP contribution in [0, 0.1) is 6.92 Å². The van der Waals surface area contributed by atoms with E-state index in [9.17, 15) is 9.90 Å². The molecule has 0 bridgehead atoms. The molecule has 0 aliphatic rings. The molecule has 0 saturated carbocycles. The molecular weight excluding hydrogens is 242 g/mol. The van der Waals surface area contributed by atoms with E-state index in [2.05, 4.69) is 0 Å². The Hall–Kier alpha value is -1.55. The van der Waals surface area contributed by atoms with Crippen LogP contribution in [0.3, 0.4) is 0 Å². The van der Waals surface area contributed by atoms with Gasteiger partial charge >= 0.3 is 0 Å². The second kappa shape index (κ2) is 6.57. The zero-order chi connectivity index (χ0) is 14.6. The minimum Gasteiger partial charge on any atom is -0.496 e. The lowest BCUT2D eigenvalue weighted by molar-refractivity contribution is 0.0578. The fourth-order valence-electron chi connectivity index (χ4n) is 1.93. The van der Waals surface area contributed by atoms with Gasteiger partial charge in [-0.3, -0.25) is 4.79 Å². The number of aryl methyl sites for hydroxylation is 1. The number of aliphatic hydroxyl groups is 1. The number of methoxy groups -OCH3 is 1. The van der Waals surface area contributed by atoms with Crippen molar-refractivity contribution in [3.8, 4) is 5.75 Å². The molecule has 0 radical (unpaired) electrons. The van der Waals surface area contributed by atoms with Crippen LogP contribution in [0.1, 0.15) is 36.7 Å². The van der Waals surface area contributed by atoms with E-state index in [1.54, 1.807) is 31.1 Å². The molecule has 0 fully saturated rings. The van der Waals surface area contributed by atoms with Crippen LogP contribution in [0.25, 0.3) is 0 Å². The molecule has 1 aromatic rings. The lowest BCUT2D eigenvalue weighted by Crippen LogP contribution is -2.41. The molecule has 1 unspecified atom stereocenters. The highest BCUT2D eigenvalue weighted by Crippen LogP contribution is 2.20. The Morgan fingerprint density at radius 2 is 2.00 bits per heavy atom. The number of nitrogens with zero attached hydrogens (tertiary/aromatic N) is 1. The van der Waals surface area contributed by atoms with Crippen LogP contribution in [0.5, 0.6) is 5.75 Å². The molecule has 0 heterocycles. The number of carbonyl (C=O) groups excluding carboxylic acids is 1. The molecule has 106 valence electrons. The monoisotopic (exact) mass is 265 g/mol. The van der Waals surface area contributed by atoms with Gasteiger partial charge in [0.05, 0.1) is 13.2 Å². The van der Waals surface area contributed by atoms with Gasteiger partial charge in [0.25, 0.3) is 5.91 Å². The molecule has 0 aromatic heterocycles. The summed E-state index contributed by atoms with van der Waals surface area (Å²) in [6, 6.07) is 5.44. The Balaban J connectivity index is 3.02. The number of aliphatic hydroxyl groups excluding tert-OH is 1. The summed E-state index contributed by atoms with van der Waals surface area (Å²) in [6.07, 6.45) is -0.543. The van der Waals surface area contributed by atoms with E-state index in [1.807, 2.05) is 26.8 Å². The lowest BCUT2D eigenvalue weighted by atomic mass is 10.1. The van der Waals surface area contributed by atoms with Crippen molar-refractivity contribution in [2.45, 2.75) is 39.8 Å². The fourth-order valence-corrected chi connectivity index (χ4v) is 1.93. The third-order valence-corrected chi connectivity index (χ3v) is 3.00. The first-order valence-corrected chi connectivity index (χ1v) is 6.50. The van der Waals surface area contributed by atoms with Crippen LogP contribution in [0.2, 0.25) is 0 Å². The molecule has 19 heavy (non-hydrogen) atoms. The van der Waals surface area contributed by atoms with Gasteiger partial charge in [-0.2, -0.15) is 0 Å². The zero-order valence-electron chi connectivity index (χ0n) is 12.3. The van der Waals surface area contributed by atoms with Gasteiger partial charge in [0, 0.05) is 18.2 Å². The van der Waals surface area contributed by atoms with E-state index in [0.717, 1.165) is 5.56 Å². The van der Waals surface area contributed by atoms with Gasteiger partial charge in [-0.15, -0.1) is 0 Å². The number of hydrogen-bond donors (Lipinski definition) is 1. The summed E-state index contributed by atoms with van der Waals surface area (Å²) >= 11 is 0. The molecule has 0 aliphatic heterocycles. The zero-order valence-corrected chi connectivity index (χ0v) is 12.3. The van der Waals surface area contributed by atoms with Crippen LogP contribution < -0.4 is 4.74 Å². The number of benzene rings is 1. The molecule has 0 spiro atoms. The van der Waals surface area contributed by atoms with E-state index in [0.29, 0.717) is 17.9 Å². The standard InChI is InChI=1S/C15H23NO3/c1-10(2)16(9-12(4)17)15(18)13-7-6-11(3)14(8-13)19-5/h6-8,10,12,17H,9H2,1-5H3. The van der Waals surface area contributed by atoms with E-state index < -0.39 is 6.10 Å². The predicted octanol–water partition coefficient (Wildman–Crippen LogP) is 2.24. The summed E-state index contributed by atoms with van der Waals surface area (Å²) < 4.78 is 5.24. The van der Waals surface area contributed by atoms with E-state index in [4.69, 9.17) is 4.74 Å². The number of hydrogen-bond acceptors (Lipinski definition) is 3. The van der Waals surface area contributed by atoms with Crippen LogP contribution in [-0.4, -0.2) is 41.7 Å². The van der Waals surface area contributed by atoms with Crippen LogP contribution in [0.4, 0.5) is 0 Å². The molecule has 0 aliphatic carbocycles. The molecule has 4 nitrogen and oxygen atoms in total. The first-order valence-electron chi connectivity index (χ1n) is 6.50. The minimum absolute atomic E-state index is 0.0365. The Kier molecular flexibility index (Phi) is 5.36. The van der Waals surface area contributed by atoms with Gasteiger partial charge < -0.3 is 14.7 Å². The molecule has 1 aromatic carbocycles. The van der Waals surface area contributed by atoms with Gasteiger partial charge in [-0.25, -0.2) is 0 Å². The summed E-state index contributed by atoms with van der Waals surface area (Å²) in [5, 5.41) is 9.49. The molecule has 1 atom stereocenters. The van der Waals surface area contributed by atoms with Crippen molar-refractivity contribution < 1.29 is 14.6 Å². The predicted molar refractivity (Wildman–Crippen MR) is 75.6 cm³/mol. The number of carbonyl (C=O) groups is 1. The van der Waals surface area contributed by atoms with E-state index in [1.165, 1.54) is 0 Å². The maximum atomic E-state index is 12.5. The topological polar surface area (TPSA) is 49.8 Å². The summed E-state index contributed by atoms with van der Waals surface area (Å²) in [7, 11) is 1.59. The van der Waals surface area contributed by atoms with Crippen molar-refractivity contribution in [1.29, 1.82) is 0 Å². The summed E-state index contributed by atoms with van der Waals surface area (Å²) in [5.41, 5.74) is 1.57. The molecule has 1 N–H and O–H groups in total. The quantitative estimate of drug-likeness (QED) is 0.888. The third-order valence-electron chi connectivity index (χ3n) is 3.00. The van der Waals surface area contributed by atoms with Crippen LogP contribution >= 0.6 is 0 Å². The number of amides is 1. The van der Waals surface area contributed by atoms with Crippen molar-refractivity contribution in [2.24, 2.45) is 0 Å². The second-order valence-electron chi connectivity index (χ2n) is 5.08. The highest BCUT2D eigenvalue weighted by Gasteiger charge is 2.20. The van der Waals surface area contributed by atoms with Gasteiger partial charge in [0.1, 0.15) is 5.75 Å². The third kappa shape index (κ3) is 3.96. The van der Waals surface area contributed by atoms with Crippen molar-refractivity contribution in [3.63, 3.8) is 0 Å². The van der Waals surface area contributed by atoms with E-state index in [-0.39, 0.29) is 11.9 Å². The first-order chi connectivity index (χ1) is 8.86. The Labute approximate surface area is 115 Å². The fraction of sp³-hybridized carbons (Fsp3) is 0.533. The van der Waals surface area contributed by atoms with Crippen molar-refractivity contribution in [2.75, 3.05) is 13.7 Å². The second-order valence-corrected chi connectivity index (χ2v) is 5.08. The average Bonchev–Trinajstić information content (AvgIpc) is 2.35. The number of rotatable bonds is 5. The van der Waals surface area contributed by atoms with Gasteiger partial charge in [-0.05, 0) is 45.4 Å². The van der Waals surface area contributed by atoms with Gasteiger partial charge in [0.15, 0.2) is 0 Å². The molecule has 1 amide bonds. The Morgan fingerprint density at radius 3 is 2.47 bits per heavy atom. The molecule has 0 saturated heterocycles. The highest BCUT2D eigenvalue weighted by atomic mass is 16.5. The largest absolute Gasteiger partial charge is 0.496 e. The first kappa shape index (κ1) is 15.5. The SMILES string of the molecule is COc1cc(C(=O)N(CC(C)O)C(C)C)ccc1C. The highest BCUT2D eigenvalue weighted by molar-refractivity contribution is 5.95. The normalized spacial score (nSPS) is 12.4. The maximum Gasteiger partial charge on any atom is 0.254 e. The summed E-state index contributed by atoms with van der Waals surface area (Å²) in [6.45, 7) is 7.81. The molecule has 1 rings (SSSR count). The van der Waals surface area contributed by atoms with Gasteiger partial charge in [-0.1, -0.05) is 6.07 Å². The smallest absolute Gasteiger partial charge is 0.254 e. The molecular formula is C15H23NO3. The minimum atomic E-state index is -0.543. The van der Waals surface area contributed by atoms with E-state index >= 15 is 0 Å². The molecule has 4 heteroatoms. The van der Waals surface area contributed by atoms with Crippen LogP contribution in [0.15, 0.2) is 18.2 Å². The number of ether oxygens (including phenoxy) is 1. The van der Waals surface area contributed by atoms with Crippen molar-refractivity contribution >= 4 is 5.91 Å². The summed E-state index contributed by atoms with van der Waals surface area (Å²) in [5.74, 6) is 0.612. The van der Waals surface area contributed by atoms with Crippen LogP contribution in [-0.2, 0) is 0 Å². The summed E-state index contributed by atoms with van der Waals surface area (Å²) in [4.78, 5) is 14.1. The van der Waals surface area contributed by atoms with Crippen molar-refractivity contribution in [1.82, 2.24) is 4.90 Å².